The topological polar surface area (TPSA) is 60.2 Å². The highest BCUT2D eigenvalue weighted by Crippen LogP contribution is 2.27. The van der Waals surface area contributed by atoms with Crippen LogP contribution in [0.25, 0.3) is 0 Å². The van der Waals surface area contributed by atoms with E-state index in [0.717, 1.165) is 25.7 Å². The summed E-state index contributed by atoms with van der Waals surface area (Å²) in [5, 5.41) is 0. The molecule has 1 fully saturated rings. The van der Waals surface area contributed by atoms with E-state index in [2.05, 4.69) is 0 Å². The molecule has 0 spiro atoms. The van der Waals surface area contributed by atoms with Crippen molar-refractivity contribution in [2.75, 3.05) is 11.5 Å². The summed E-state index contributed by atoms with van der Waals surface area (Å²) in [6.07, 6.45) is 4.24. The van der Waals surface area contributed by atoms with E-state index in [-0.39, 0.29) is 23.1 Å². The molecule has 1 aliphatic rings. The summed E-state index contributed by atoms with van der Waals surface area (Å²) in [5.74, 6) is -0.0134. The average Bonchev–Trinajstić information content (AvgIpc) is 2.74. The van der Waals surface area contributed by atoms with Crippen molar-refractivity contribution in [2.24, 2.45) is 5.92 Å². The highest BCUT2D eigenvalue weighted by Gasteiger charge is 2.23. The van der Waals surface area contributed by atoms with Gasteiger partial charge in [0.25, 0.3) is 0 Å². The number of anilines is 1. The van der Waals surface area contributed by atoms with Crippen LogP contribution in [0, 0.1) is 11.7 Å². The minimum atomic E-state index is -3.16. The Bertz CT molecular complexity index is 522. The molecule has 0 heterocycles. The molecular weight excluding hydrogens is 253 g/mol. The van der Waals surface area contributed by atoms with Crippen molar-refractivity contribution >= 4 is 15.5 Å². The first kappa shape index (κ1) is 13.3. The fourth-order valence-electron chi connectivity index (χ4n) is 2.53. The Morgan fingerprint density at radius 1 is 1.28 bits per heavy atom. The second-order valence-corrected chi connectivity index (χ2v) is 7.16. The van der Waals surface area contributed by atoms with Crippen LogP contribution in [0.4, 0.5) is 10.1 Å². The van der Waals surface area contributed by atoms with E-state index < -0.39 is 15.7 Å². The predicted octanol–water partition coefficient (Wildman–Crippen LogP) is 2.51. The normalized spacial score (nSPS) is 17.2. The van der Waals surface area contributed by atoms with Crippen molar-refractivity contribution in [1.29, 1.82) is 0 Å². The fraction of sp³-hybridized carbons (Fsp3) is 0.538. The maximum atomic E-state index is 12.9. The molecule has 0 bridgehead atoms. The second-order valence-electron chi connectivity index (χ2n) is 5.05. The number of sulfone groups is 1. The molecule has 1 aromatic rings. The molecule has 0 saturated heterocycles. The first-order valence-electron chi connectivity index (χ1n) is 6.20. The van der Waals surface area contributed by atoms with Crippen molar-refractivity contribution in [3.05, 3.63) is 29.6 Å². The number of rotatable bonds is 4. The van der Waals surface area contributed by atoms with Crippen LogP contribution in [0.1, 0.15) is 31.2 Å². The van der Waals surface area contributed by atoms with Gasteiger partial charge in [-0.25, -0.2) is 12.8 Å². The molecule has 18 heavy (non-hydrogen) atoms. The smallest absolute Gasteiger partial charge is 0.154 e. The standard InChI is InChI=1S/C13H18FNO2S/c14-12-6-5-11(13(15)7-12)9-18(16,17)8-10-3-1-2-4-10/h5-7,10H,1-4,8-9,15H2. The second kappa shape index (κ2) is 5.26. The van der Waals surface area contributed by atoms with Crippen LogP contribution in [-0.2, 0) is 15.6 Å². The van der Waals surface area contributed by atoms with Crippen LogP contribution < -0.4 is 5.73 Å². The first-order chi connectivity index (χ1) is 8.46. The molecule has 1 aromatic carbocycles. The minimum Gasteiger partial charge on any atom is -0.398 e. The van der Waals surface area contributed by atoms with Gasteiger partial charge in [-0.2, -0.15) is 0 Å². The van der Waals surface area contributed by atoms with E-state index >= 15 is 0 Å². The summed E-state index contributed by atoms with van der Waals surface area (Å²) < 4.78 is 37.0. The minimum absolute atomic E-state index is 0.0877. The van der Waals surface area contributed by atoms with Gasteiger partial charge in [0, 0.05) is 5.69 Å². The van der Waals surface area contributed by atoms with Crippen LogP contribution in [0.15, 0.2) is 18.2 Å². The van der Waals surface area contributed by atoms with Crippen molar-refractivity contribution in [3.8, 4) is 0 Å². The molecular formula is C13H18FNO2S. The summed E-state index contributed by atoms with van der Waals surface area (Å²) in [7, 11) is -3.16. The van der Waals surface area contributed by atoms with Crippen LogP contribution >= 0.6 is 0 Å². The number of hydrogen-bond acceptors (Lipinski definition) is 3. The van der Waals surface area contributed by atoms with Crippen molar-refractivity contribution in [3.63, 3.8) is 0 Å². The lowest BCUT2D eigenvalue weighted by Gasteiger charge is -2.11. The van der Waals surface area contributed by atoms with Gasteiger partial charge in [-0.3, -0.25) is 0 Å². The molecule has 5 heteroatoms. The maximum absolute atomic E-state index is 12.9. The third-order valence-electron chi connectivity index (χ3n) is 3.45. The summed E-state index contributed by atoms with van der Waals surface area (Å²) in [4.78, 5) is 0. The van der Waals surface area contributed by atoms with Crippen molar-refractivity contribution in [2.45, 2.75) is 31.4 Å². The van der Waals surface area contributed by atoms with E-state index in [0.29, 0.717) is 5.56 Å². The largest absolute Gasteiger partial charge is 0.398 e. The Balaban J connectivity index is 2.07. The van der Waals surface area contributed by atoms with Gasteiger partial charge in [0.2, 0.25) is 0 Å². The van der Waals surface area contributed by atoms with Gasteiger partial charge in [-0.15, -0.1) is 0 Å². The van der Waals surface area contributed by atoms with Crippen LogP contribution in [0.3, 0.4) is 0 Å². The van der Waals surface area contributed by atoms with E-state index in [1.54, 1.807) is 0 Å². The molecule has 100 valence electrons. The highest BCUT2D eigenvalue weighted by molar-refractivity contribution is 7.90. The maximum Gasteiger partial charge on any atom is 0.154 e. The average molecular weight is 271 g/mol. The number of hydrogen-bond donors (Lipinski definition) is 1. The lowest BCUT2D eigenvalue weighted by atomic mass is 10.1. The zero-order chi connectivity index (χ0) is 13.2. The van der Waals surface area contributed by atoms with E-state index in [1.165, 1.54) is 18.2 Å². The number of nitrogen functional groups attached to an aromatic ring is 1. The molecule has 1 saturated carbocycles. The Morgan fingerprint density at radius 3 is 2.56 bits per heavy atom. The van der Waals surface area contributed by atoms with E-state index in [9.17, 15) is 12.8 Å². The molecule has 0 amide bonds. The SMILES string of the molecule is Nc1cc(F)ccc1CS(=O)(=O)CC1CCCC1. The molecule has 2 rings (SSSR count). The molecule has 0 aromatic heterocycles. The van der Waals surface area contributed by atoms with Gasteiger partial charge in [0.15, 0.2) is 9.84 Å². The zero-order valence-electron chi connectivity index (χ0n) is 10.2. The third-order valence-corrected chi connectivity index (χ3v) is 5.18. The Hall–Kier alpha value is -1.10. The van der Waals surface area contributed by atoms with Gasteiger partial charge >= 0.3 is 0 Å². The Morgan fingerprint density at radius 2 is 1.94 bits per heavy atom. The summed E-state index contributed by atoms with van der Waals surface area (Å²) in [5.41, 5.74) is 6.34. The third kappa shape index (κ3) is 3.45. The van der Waals surface area contributed by atoms with Crippen LogP contribution in [-0.4, -0.2) is 14.2 Å². The molecule has 0 radical (unpaired) electrons. The molecule has 0 aliphatic heterocycles. The summed E-state index contributed by atoms with van der Waals surface area (Å²) >= 11 is 0. The lowest BCUT2D eigenvalue weighted by molar-refractivity contribution is 0.558. The van der Waals surface area contributed by atoms with Crippen LogP contribution in [0.5, 0.6) is 0 Å². The summed E-state index contributed by atoms with van der Waals surface area (Å²) in [6, 6.07) is 3.87. The van der Waals surface area contributed by atoms with Gasteiger partial charge in [0.05, 0.1) is 11.5 Å². The monoisotopic (exact) mass is 271 g/mol. The molecule has 3 nitrogen and oxygen atoms in total. The van der Waals surface area contributed by atoms with Crippen molar-refractivity contribution in [1.82, 2.24) is 0 Å². The summed E-state index contributed by atoms with van der Waals surface area (Å²) in [6.45, 7) is 0. The Kier molecular flexibility index (Phi) is 3.90. The fourth-order valence-corrected chi connectivity index (χ4v) is 4.44. The molecule has 0 unspecified atom stereocenters. The molecule has 1 aliphatic carbocycles. The number of nitrogens with two attached hydrogens (primary N) is 1. The first-order valence-corrected chi connectivity index (χ1v) is 8.03. The highest BCUT2D eigenvalue weighted by atomic mass is 32.2. The molecule has 2 N–H and O–H groups in total. The van der Waals surface area contributed by atoms with Crippen molar-refractivity contribution < 1.29 is 12.8 Å². The lowest BCUT2D eigenvalue weighted by Crippen LogP contribution is -2.16. The number of halogens is 1. The number of benzene rings is 1. The molecule has 0 atom stereocenters. The quantitative estimate of drug-likeness (QED) is 0.856. The van der Waals surface area contributed by atoms with Gasteiger partial charge in [-0.05, 0) is 36.5 Å². The predicted molar refractivity (Wildman–Crippen MR) is 70.3 cm³/mol. The van der Waals surface area contributed by atoms with Gasteiger partial charge < -0.3 is 5.73 Å². The Labute approximate surface area is 107 Å². The van der Waals surface area contributed by atoms with Crippen LogP contribution in [0.2, 0.25) is 0 Å². The van der Waals surface area contributed by atoms with E-state index in [4.69, 9.17) is 5.73 Å². The van der Waals surface area contributed by atoms with E-state index in [1.807, 2.05) is 0 Å². The van der Waals surface area contributed by atoms with Gasteiger partial charge in [0.1, 0.15) is 5.82 Å². The van der Waals surface area contributed by atoms with Gasteiger partial charge in [-0.1, -0.05) is 18.9 Å². The zero-order valence-corrected chi connectivity index (χ0v) is 11.0.